The van der Waals surface area contributed by atoms with Crippen molar-refractivity contribution in [1.82, 2.24) is 4.98 Å². The second kappa shape index (κ2) is 8.45. The number of nitrogens with zero attached hydrogens (tertiary/aromatic N) is 1. The van der Waals surface area contributed by atoms with Crippen LogP contribution in [-0.2, 0) is 16.1 Å². The van der Waals surface area contributed by atoms with E-state index in [1.807, 2.05) is 19.1 Å². The molecule has 25 heavy (non-hydrogen) atoms. The first kappa shape index (κ1) is 17.9. The van der Waals surface area contributed by atoms with Crippen molar-refractivity contribution in [3.8, 4) is 11.5 Å². The third-order valence-electron chi connectivity index (χ3n) is 4.64. The van der Waals surface area contributed by atoms with Crippen LogP contribution in [0, 0.1) is 13.8 Å². The molecule has 0 spiro atoms. The predicted octanol–water partition coefficient (Wildman–Crippen LogP) is 4.99. The molecule has 1 aromatic carbocycles. The Kier molecular flexibility index (Phi) is 6.05. The van der Waals surface area contributed by atoms with E-state index in [-0.39, 0.29) is 12.2 Å². The van der Waals surface area contributed by atoms with Gasteiger partial charge >= 0.3 is 0 Å². The molecule has 4 nitrogen and oxygen atoms in total. The number of aromatic nitrogens is 1. The molecule has 0 radical (unpaired) electrons. The van der Waals surface area contributed by atoms with Gasteiger partial charge in [0.2, 0.25) is 5.89 Å². The van der Waals surface area contributed by atoms with Gasteiger partial charge in [0.1, 0.15) is 11.5 Å². The van der Waals surface area contributed by atoms with Crippen molar-refractivity contribution in [2.45, 2.75) is 58.3 Å². The largest absolute Gasteiger partial charge is 0.441 e. The summed E-state index contributed by atoms with van der Waals surface area (Å²) in [4.78, 5) is 4.64. The maximum Gasteiger partial charge on any atom is 0.226 e. The Morgan fingerprint density at radius 2 is 2.04 bits per heavy atom. The monoisotopic (exact) mass is 341 g/mol. The van der Waals surface area contributed by atoms with Gasteiger partial charge in [0, 0.05) is 5.56 Å². The van der Waals surface area contributed by atoms with Crippen molar-refractivity contribution < 1.29 is 13.9 Å². The molecule has 0 amide bonds. The molecule has 2 atom stereocenters. The SMILES string of the molecule is C=CCO[C@@H]1CCC[C@H](OCc2nc(-c3cccc(C)c3)oc2C)C1. The summed E-state index contributed by atoms with van der Waals surface area (Å²) in [6.07, 6.45) is 6.56. The van der Waals surface area contributed by atoms with E-state index in [1.54, 1.807) is 6.08 Å². The van der Waals surface area contributed by atoms with Crippen LogP contribution >= 0.6 is 0 Å². The number of rotatable bonds is 7. The third-order valence-corrected chi connectivity index (χ3v) is 4.64. The number of oxazole rings is 1. The maximum atomic E-state index is 6.10. The molecule has 1 fully saturated rings. The molecule has 1 aliphatic carbocycles. The van der Waals surface area contributed by atoms with Gasteiger partial charge in [-0.15, -0.1) is 6.58 Å². The molecule has 3 rings (SSSR count). The highest BCUT2D eigenvalue weighted by molar-refractivity contribution is 5.54. The van der Waals surface area contributed by atoms with Crippen LogP contribution < -0.4 is 0 Å². The molecule has 0 aliphatic heterocycles. The molecule has 4 heteroatoms. The quantitative estimate of drug-likeness (QED) is 0.666. The maximum absolute atomic E-state index is 6.10. The van der Waals surface area contributed by atoms with E-state index >= 15 is 0 Å². The summed E-state index contributed by atoms with van der Waals surface area (Å²) in [5.74, 6) is 1.49. The summed E-state index contributed by atoms with van der Waals surface area (Å²) in [5, 5.41) is 0. The van der Waals surface area contributed by atoms with Crippen molar-refractivity contribution in [2.75, 3.05) is 6.61 Å². The van der Waals surface area contributed by atoms with Gasteiger partial charge in [-0.2, -0.15) is 0 Å². The van der Waals surface area contributed by atoms with Gasteiger partial charge in [-0.25, -0.2) is 4.98 Å². The van der Waals surface area contributed by atoms with Crippen molar-refractivity contribution in [3.05, 3.63) is 53.9 Å². The lowest BCUT2D eigenvalue weighted by atomic mass is 9.95. The molecule has 0 N–H and O–H groups in total. The molecule has 0 saturated heterocycles. The minimum absolute atomic E-state index is 0.224. The lowest BCUT2D eigenvalue weighted by Crippen LogP contribution is -2.28. The van der Waals surface area contributed by atoms with E-state index in [0.717, 1.165) is 42.7 Å². The van der Waals surface area contributed by atoms with Gasteiger partial charge in [-0.1, -0.05) is 23.8 Å². The van der Waals surface area contributed by atoms with Crippen LogP contribution in [0.3, 0.4) is 0 Å². The normalized spacial score (nSPS) is 20.6. The van der Waals surface area contributed by atoms with E-state index in [9.17, 15) is 0 Å². The summed E-state index contributed by atoms with van der Waals surface area (Å²) in [6, 6.07) is 8.19. The van der Waals surface area contributed by atoms with Gasteiger partial charge in [0.15, 0.2) is 0 Å². The summed E-state index contributed by atoms with van der Waals surface area (Å²) < 4.78 is 17.7. The van der Waals surface area contributed by atoms with Gasteiger partial charge in [0.25, 0.3) is 0 Å². The van der Waals surface area contributed by atoms with E-state index < -0.39 is 0 Å². The van der Waals surface area contributed by atoms with Crippen LogP contribution in [0.25, 0.3) is 11.5 Å². The summed E-state index contributed by atoms with van der Waals surface area (Å²) in [6.45, 7) is 8.82. The van der Waals surface area contributed by atoms with Crippen molar-refractivity contribution in [3.63, 3.8) is 0 Å². The van der Waals surface area contributed by atoms with Crippen molar-refractivity contribution in [2.24, 2.45) is 0 Å². The minimum atomic E-state index is 0.224. The Labute approximate surface area is 149 Å². The molecule has 134 valence electrons. The van der Waals surface area contributed by atoms with Crippen LogP contribution in [0.5, 0.6) is 0 Å². The second-order valence-corrected chi connectivity index (χ2v) is 6.74. The number of aryl methyl sites for hydroxylation is 2. The number of hydrogen-bond donors (Lipinski definition) is 0. The highest BCUT2D eigenvalue weighted by Gasteiger charge is 2.23. The molecule has 1 saturated carbocycles. The number of ether oxygens (including phenoxy) is 2. The zero-order valence-electron chi connectivity index (χ0n) is 15.2. The van der Waals surface area contributed by atoms with E-state index in [0.29, 0.717) is 19.1 Å². The molecule has 1 heterocycles. The smallest absolute Gasteiger partial charge is 0.226 e. The van der Waals surface area contributed by atoms with Crippen LogP contribution in [0.15, 0.2) is 41.3 Å². The van der Waals surface area contributed by atoms with Gasteiger partial charge in [0.05, 0.1) is 25.4 Å². The van der Waals surface area contributed by atoms with Gasteiger partial charge < -0.3 is 13.9 Å². The van der Waals surface area contributed by atoms with Crippen LogP contribution in [0.4, 0.5) is 0 Å². The molecule has 0 unspecified atom stereocenters. The standard InChI is InChI=1S/C21H27NO3/c1-4-11-23-18-9-6-10-19(13-18)24-14-20-16(3)25-21(22-20)17-8-5-7-15(2)12-17/h4-5,7-8,12,18-19H,1,6,9-11,13-14H2,2-3H3/t18-,19+/m1/s1. The van der Waals surface area contributed by atoms with E-state index in [4.69, 9.17) is 13.9 Å². The molecule has 2 aromatic rings. The van der Waals surface area contributed by atoms with E-state index in [2.05, 4.69) is 30.6 Å². The lowest BCUT2D eigenvalue weighted by molar-refractivity contribution is -0.0448. The molecule has 0 bridgehead atoms. The first-order valence-electron chi connectivity index (χ1n) is 9.03. The predicted molar refractivity (Wildman–Crippen MR) is 98.4 cm³/mol. The topological polar surface area (TPSA) is 44.5 Å². The highest BCUT2D eigenvalue weighted by atomic mass is 16.5. The first-order chi connectivity index (χ1) is 12.2. The fourth-order valence-corrected chi connectivity index (χ4v) is 3.27. The fraction of sp³-hybridized carbons (Fsp3) is 0.476. The zero-order valence-corrected chi connectivity index (χ0v) is 15.2. The minimum Gasteiger partial charge on any atom is -0.441 e. The lowest BCUT2D eigenvalue weighted by Gasteiger charge is -2.28. The Bertz CT molecular complexity index is 707. The van der Waals surface area contributed by atoms with Gasteiger partial charge in [-0.3, -0.25) is 0 Å². The fourth-order valence-electron chi connectivity index (χ4n) is 3.27. The molecule has 1 aliphatic rings. The van der Waals surface area contributed by atoms with E-state index in [1.165, 1.54) is 5.56 Å². The summed E-state index contributed by atoms with van der Waals surface area (Å²) >= 11 is 0. The molecular weight excluding hydrogens is 314 g/mol. The summed E-state index contributed by atoms with van der Waals surface area (Å²) in [5.41, 5.74) is 3.08. The Hall–Kier alpha value is -1.91. The highest BCUT2D eigenvalue weighted by Crippen LogP contribution is 2.26. The zero-order chi connectivity index (χ0) is 17.6. The van der Waals surface area contributed by atoms with Crippen LogP contribution in [0.2, 0.25) is 0 Å². The Morgan fingerprint density at radius 1 is 1.24 bits per heavy atom. The van der Waals surface area contributed by atoms with Crippen molar-refractivity contribution >= 4 is 0 Å². The second-order valence-electron chi connectivity index (χ2n) is 6.74. The molecular formula is C21H27NO3. The molecule has 1 aromatic heterocycles. The number of benzene rings is 1. The Balaban J connectivity index is 1.59. The van der Waals surface area contributed by atoms with Gasteiger partial charge in [-0.05, 0) is 51.7 Å². The first-order valence-corrected chi connectivity index (χ1v) is 9.03. The average Bonchev–Trinajstić information content (AvgIpc) is 2.99. The summed E-state index contributed by atoms with van der Waals surface area (Å²) in [7, 11) is 0. The average molecular weight is 341 g/mol. The van der Waals surface area contributed by atoms with Crippen LogP contribution in [-0.4, -0.2) is 23.8 Å². The third kappa shape index (κ3) is 4.80. The van der Waals surface area contributed by atoms with Crippen molar-refractivity contribution in [1.29, 1.82) is 0 Å². The number of hydrogen-bond acceptors (Lipinski definition) is 4. The van der Waals surface area contributed by atoms with Crippen LogP contribution in [0.1, 0.15) is 42.7 Å². The Morgan fingerprint density at radius 3 is 2.80 bits per heavy atom.